The van der Waals surface area contributed by atoms with Crippen LogP contribution in [0, 0.1) is 5.92 Å². The molecule has 0 saturated carbocycles. The molecule has 5 nitrogen and oxygen atoms in total. The van der Waals surface area contributed by atoms with Crippen molar-refractivity contribution in [1.29, 1.82) is 0 Å². The van der Waals surface area contributed by atoms with Crippen LogP contribution in [0.1, 0.15) is 17.4 Å². The molecule has 2 aliphatic heterocycles. The van der Waals surface area contributed by atoms with Gasteiger partial charge in [-0.2, -0.15) is 0 Å². The number of rotatable bonds is 4. The molecule has 2 unspecified atom stereocenters. The molecule has 2 fully saturated rings. The molecule has 2 heterocycles. The van der Waals surface area contributed by atoms with Crippen LogP contribution in [0.4, 0.5) is 5.69 Å². The van der Waals surface area contributed by atoms with E-state index in [4.69, 9.17) is 16.3 Å². The number of nitrogens with zero attached hydrogens (tertiary/aromatic N) is 2. The van der Waals surface area contributed by atoms with Gasteiger partial charge in [0.25, 0.3) is 0 Å². The maximum atomic E-state index is 13.2. The molecule has 2 saturated heterocycles. The summed E-state index contributed by atoms with van der Waals surface area (Å²) in [7, 11) is 1.61. The van der Waals surface area contributed by atoms with Crippen molar-refractivity contribution in [2.45, 2.75) is 11.8 Å². The van der Waals surface area contributed by atoms with E-state index in [0.717, 1.165) is 22.8 Å². The van der Waals surface area contributed by atoms with E-state index in [9.17, 15) is 9.59 Å². The molecule has 2 aromatic carbocycles. The van der Waals surface area contributed by atoms with Gasteiger partial charge in [-0.05, 0) is 30.3 Å². The Bertz CT molecular complexity index is 889. The summed E-state index contributed by atoms with van der Waals surface area (Å²) in [4.78, 5) is 29.4. The second-order valence-corrected chi connectivity index (χ2v) is 8.48. The van der Waals surface area contributed by atoms with E-state index >= 15 is 0 Å². The number of hydrogen-bond donors (Lipinski definition) is 0. The minimum atomic E-state index is -0.335. The largest absolute Gasteiger partial charge is 0.497 e. The van der Waals surface area contributed by atoms with Crippen LogP contribution in [0.3, 0.4) is 0 Å². The van der Waals surface area contributed by atoms with Crippen molar-refractivity contribution in [3.8, 4) is 5.75 Å². The number of methoxy groups -OCH3 is 1. The Kier molecular flexibility index (Phi) is 5.51. The SMILES string of the molecule is COc1ccc(N2CC(C(=O)N3CCSC3c3ccccc3Cl)CC2=O)cc1. The van der Waals surface area contributed by atoms with E-state index in [1.165, 1.54) is 0 Å². The topological polar surface area (TPSA) is 49.9 Å². The van der Waals surface area contributed by atoms with Crippen molar-refractivity contribution in [2.75, 3.05) is 30.9 Å². The summed E-state index contributed by atoms with van der Waals surface area (Å²) in [6.45, 7) is 1.08. The fraction of sp³-hybridized carbons (Fsp3) is 0.333. The summed E-state index contributed by atoms with van der Waals surface area (Å²) in [6.07, 6.45) is 0.237. The van der Waals surface area contributed by atoms with Gasteiger partial charge in [-0.15, -0.1) is 11.8 Å². The maximum Gasteiger partial charge on any atom is 0.229 e. The maximum absolute atomic E-state index is 13.2. The highest BCUT2D eigenvalue weighted by Gasteiger charge is 2.41. The Labute approximate surface area is 173 Å². The van der Waals surface area contributed by atoms with Gasteiger partial charge in [0.1, 0.15) is 11.1 Å². The number of thioether (sulfide) groups is 1. The van der Waals surface area contributed by atoms with Crippen LogP contribution >= 0.6 is 23.4 Å². The average Bonchev–Trinajstić information content (AvgIpc) is 3.35. The minimum Gasteiger partial charge on any atom is -0.497 e. The Morgan fingerprint density at radius 3 is 2.64 bits per heavy atom. The third kappa shape index (κ3) is 3.59. The van der Waals surface area contributed by atoms with Crippen molar-refractivity contribution in [2.24, 2.45) is 5.92 Å². The number of carbonyl (C=O) groups is 2. The molecule has 2 aliphatic rings. The monoisotopic (exact) mass is 416 g/mol. The van der Waals surface area contributed by atoms with Gasteiger partial charge in [-0.1, -0.05) is 29.8 Å². The number of hydrogen-bond acceptors (Lipinski definition) is 4. The first-order chi connectivity index (χ1) is 13.6. The predicted octanol–water partition coefficient (Wildman–Crippen LogP) is 3.98. The Morgan fingerprint density at radius 1 is 1.18 bits per heavy atom. The molecule has 0 aromatic heterocycles. The molecule has 2 amide bonds. The standard InChI is InChI=1S/C21H21ClN2O3S/c1-27-16-8-6-15(7-9-16)24-13-14(12-19(24)25)20(26)23-10-11-28-21(23)17-4-2-3-5-18(17)22/h2-9,14,21H,10-13H2,1H3. The normalized spacial score (nSPS) is 22.0. The van der Waals surface area contributed by atoms with Crippen molar-refractivity contribution in [3.05, 3.63) is 59.1 Å². The fourth-order valence-corrected chi connectivity index (χ4v) is 5.35. The van der Waals surface area contributed by atoms with E-state index in [1.807, 2.05) is 53.4 Å². The molecule has 0 spiro atoms. The zero-order valence-corrected chi connectivity index (χ0v) is 17.1. The van der Waals surface area contributed by atoms with Gasteiger partial charge in [-0.3, -0.25) is 9.59 Å². The van der Waals surface area contributed by atoms with Crippen LogP contribution in [0.25, 0.3) is 0 Å². The number of halogens is 1. The van der Waals surface area contributed by atoms with Crippen molar-refractivity contribution < 1.29 is 14.3 Å². The summed E-state index contributed by atoms with van der Waals surface area (Å²) in [6, 6.07) is 15.0. The zero-order valence-electron chi connectivity index (χ0n) is 15.5. The Balaban J connectivity index is 1.50. The molecule has 4 rings (SSSR count). The van der Waals surface area contributed by atoms with E-state index in [-0.39, 0.29) is 29.5 Å². The first-order valence-corrected chi connectivity index (χ1v) is 10.6. The Hall–Kier alpha value is -2.18. The van der Waals surface area contributed by atoms with E-state index in [2.05, 4.69) is 0 Å². The highest BCUT2D eigenvalue weighted by Crippen LogP contribution is 2.42. The van der Waals surface area contributed by atoms with Gasteiger partial charge in [-0.25, -0.2) is 0 Å². The van der Waals surface area contributed by atoms with E-state index < -0.39 is 0 Å². The van der Waals surface area contributed by atoms with Crippen LogP contribution in [0.15, 0.2) is 48.5 Å². The van der Waals surface area contributed by atoms with Crippen molar-refractivity contribution in [1.82, 2.24) is 4.90 Å². The third-order valence-electron chi connectivity index (χ3n) is 5.20. The predicted molar refractivity (Wildman–Crippen MR) is 112 cm³/mol. The molecule has 0 radical (unpaired) electrons. The lowest BCUT2D eigenvalue weighted by molar-refractivity contribution is -0.136. The zero-order chi connectivity index (χ0) is 19.7. The van der Waals surface area contributed by atoms with Crippen LogP contribution in [-0.2, 0) is 9.59 Å². The summed E-state index contributed by atoms with van der Waals surface area (Å²) in [5.41, 5.74) is 1.75. The molecule has 7 heteroatoms. The van der Waals surface area contributed by atoms with Crippen molar-refractivity contribution in [3.63, 3.8) is 0 Å². The number of carbonyl (C=O) groups excluding carboxylic acids is 2. The number of benzene rings is 2. The Morgan fingerprint density at radius 2 is 1.93 bits per heavy atom. The second-order valence-electron chi connectivity index (χ2n) is 6.88. The highest BCUT2D eigenvalue weighted by atomic mass is 35.5. The summed E-state index contributed by atoms with van der Waals surface area (Å²) in [5.74, 6) is 1.27. The molecular formula is C21H21ClN2O3S. The first-order valence-electron chi connectivity index (χ1n) is 9.19. The summed E-state index contributed by atoms with van der Waals surface area (Å²) in [5, 5.41) is 0.577. The fourth-order valence-electron chi connectivity index (χ4n) is 3.75. The lowest BCUT2D eigenvalue weighted by Gasteiger charge is -2.27. The number of ether oxygens (including phenoxy) is 1. The average molecular weight is 417 g/mol. The lowest BCUT2D eigenvalue weighted by Crippen LogP contribution is -2.37. The van der Waals surface area contributed by atoms with Gasteiger partial charge < -0.3 is 14.5 Å². The highest BCUT2D eigenvalue weighted by molar-refractivity contribution is 7.99. The molecule has 0 bridgehead atoms. The molecule has 146 valence electrons. The molecular weight excluding hydrogens is 396 g/mol. The van der Waals surface area contributed by atoms with Crippen LogP contribution in [0.5, 0.6) is 5.75 Å². The molecule has 0 N–H and O–H groups in total. The number of anilines is 1. The van der Waals surface area contributed by atoms with Gasteiger partial charge in [0.2, 0.25) is 11.8 Å². The minimum absolute atomic E-state index is 0.0235. The van der Waals surface area contributed by atoms with Gasteiger partial charge >= 0.3 is 0 Å². The summed E-state index contributed by atoms with van der Waals surface area (Å²) >= 11 is 8.08. The van der Waals surface area contributed by atoms with Crippen LogP contribution < -0.4 is 9.64 Å². The quantitative estimate of drug-likeness (QED) is 0.756. The summed E-state index contributed by atoms with van der Waals surface area (Å²) < 4.78 is 5.17. The lowest BCUT2D eigenvalue weighted by atomic mass is 10.1. The molecule has 2 aromatic rings. The van der Waals surface area contributed by atoms with Crippen LogP contribution in [-0.4, -0.2) is 42.7 Å². The second kappa shape index (κ2) is 8.05. The molecule has 0 aliphatic carbocycles. The van der Waals surface area contributed by atoms with Gasteiger partial charge in [0.05, 0.1) is 13.0 Å². The van der Waals surface area contributed by atoms with Gasteiger partial charge in [0, 0.05) is 41.5 Å². The van der Waals surface area contributed by atoms with Crippen LogP contribution in [0.2, 0.25) is 5.02 Å². The smallest absolute Gasteiger partial charge is 0.229 e. The van der Waals surface area contributed by atoms with Crippen molar-refractivity contribution >= 4 is 40.9 Å². The molecule has 28 heavy (non-hydrogen) atoms. The third-order valence-corrected chi connectivity index (χ3v) is 6.79. The van der Waals surface area contributed by atoms with Gasteiger partial charge in [0.15, 0.2) is 0 Å². The van der Waals surface area contributed by atoms with E-state index in [1.54, 1.807) is 23.8 Å². The molecule has 2 atom stereocenters. The number of amides is 2. The first kappa shape index (κ1) is 19.2. The van der Waals surface area contributed by atoms with E-state index in [0.29, 0.717) is 18.1 Å².